The van der Waals surface area contributed by atoms with Gasteiger partial charge in [0.05, 0.1) is 23.7 Å². The van der Waals surface area contributed by atoms with Gasteiger partial charge in [0, 0.05) is 18.3 Å². The summed E-state index contributed by atoms with van der Waals surface area (Å²) in [5.74, 6) is 2.73. The molecule has 1 aliphatic heterocycles. The summed E-state index contributed by atoms with van der Waals surface area (Å²) in [7, 11) is 0. The number of unbranched alkanes of at least 4 members (excludes halogenated alkanes) is 1. The average Bonchev–Trinajstić information content (AvgIpc) is 2.83. The fourth-order valence-corrected chi connectivity index (χ4v) is 4.18. The zero-order chi connectivity index (χ0) is 22.6. The highest BCUT2D eigenvalue weighted by molar-refractivity contribution is 5.78. The molecule has 166 valence electrons. The van der Waals surface area contributed by atoms with Crippen molar-refractivity contribution in [3.05, 3.63) is 96.2 Å². The van der Waals surface area contributed by atoms with E-state index in [1.54, 1.807) is 0 Å². The number of fused-ring (bicyclic) bond motifs is 2. The number of nitrogens with zero attached hydrogens (tertiary/aromatic N) is 2. The fraction of sp³-hybridized carbons (Fsp3) is 0.207. The normalized spacial score (nSPS) is 12.0. The maximum Gasteiger partial charge on any atom is 0.151 e. The minimum absolute atomic E-state index is 0.678. The van der Waals surface area contributed by atoms with Crippen LogP contribution in [0, 0.1) is 13.8 Å². The van der Waals surface area contributed by atoms with Crippen LogP contribution in [0.1, 0.15) is 24.0 Å². The van der Waals surface area contributed by atoms with Gasteiger partial charge in [0.1, 0.15) is 5.75 Å². The summed E-state index contributed by atoms with van der Waals surface area (Å²) >= 11 is 0. The second kappa shape index (κ2) is 9.37. The Kier molecular flexibility index (Phi) is 5.99. The van der Waals surface area contributed by atoms with Crippen LogP contribution in [0.4, 0.5) is 11.4 Å². The summed E-state index contributed by atoms with van der Waals surface area (Å²) in [5.41, 5.74) is 6.68. The van der Waals surface area contributed by atoms with Crippen molar-refractivity contribution in [2.45, 2.75) is 26.7 Å². The van der Waals surface area contributed by atoms with Crippen molar-refractivity contribution >= 4 is 11.4 Å². The number of anilines is 2. The molecule has 4 heteroatoms. The Morgan fingerprint density at radius 1 is 0.788 bits per heavy atom. The van der Waals surface area contributed by atoms with Crippen molar-refractivity contribution in [1.29, 1.82) is 0 Å². The molecule has 1 aromatic heterocycles. The summed E-state index contributed by atoms with van der Waals surface area (Å²) in [6.45, 7) is 5.78. The van der Waals surface area contributed by atoms with Gasteiger partial charge in [0.2, 0.25) is 0 Å². The largest absolute Gasteiger partial charge is 0.494 e. The van der Waals surface area contributed by atoms with Gasteiger partial charge in [-0.05, 0) is 86.3 Å². The molecule has 1 aliphatic rings. The van der Waals surface area contributed by atoms with Gasteiger partial charge in [0.25, 0.3) is 0 Å². The van der Waals surface area contributed by atoms with E-state index in [9.17, 15) is 0 Å². The zero-order valence-electron chi connectivity index (χ0n) is 19.1. The molecular formula is C29H28N2O2. The Hall–Kier alpha value is -3.79. The number of ether oxygens (including phenoxy) is 2. The molecule has 0 spiro atoms. The predicted octanol–water partition coefficient (Wildman–Crippen LogP) is 7.47. The molecule has 0 fully saturated rings. The van der Waals surface area contributed by atoms with Crippen molar-refractivity contribution in [3.63, 3.8) is 0 Å². The molecule has 0 bridgehead atoms. The first-order valence-corrected chi connectivity index (χ1v) is 11.5. The van der Waals surface area contributed by atoms with Gasteiger partial charge >= 0.3 is 0 Å². The third kappa shape index (κ3) is 4.70. The fourth-order valence-electron chi connectivity index (χ4n) is 4.18. The smallest absolute Gasteiger partial charge is 0.151 e. The van der Waals surface area contributed by atoms with Crippen molar-refractivity contribution in [3.8, 4) is 28.5 Å². The van der Waals surface area contributed by atoms with E-state index in [2.05, 4.69) is 72.3 Å². The maximum atomic E-state index is 6.23. The Bertz CT molecular complexity index is 1200. The molecule has 3 aromatic carbocycles. The summed E-state index contributed by atoms with van der Waals surface area (Å²) in [4.78, 5) is 6.80. The number of benzene rings is 3. The van der Waals surface area contributed by atoms with E-state index in [1.807, 2.05) is 36.5 Å². The monoisotopic (exact) mass is 436 g/mol. The first-order chi connectivity index (χ1) is 16.2. The van der Waals surface area contributed by atoms with Gasteiger partial charge in [0.15, 0.2) is 11.5 Å². The number of hydrogen-bond donors (Lipinski definition) is 0. The van der Waals surface area contributed by atoms with Crippen LogP contribution in [-0.4, -0.2) is 18.1 Å². The minimum atomic E-state index is 0.678. The molecule has 4 nitrogen and oxygen atoms in total. The van der Waals surface area contributed by atoms with Gasteiger partial charge in [-0.25, -0.2) is 0 Å². The molecule has 33 heavy (non-hydrogen) atoms. The minimum Gasteiger partial charge on any atom is -0.494 e. The van der Waals surface area contributed by atoms with Crippen LogP contribution in [0.3, 0.4) is 0 Å². The number of aromatic nitrogens is 1. The van der Waals surface area contributed by atoms with Crippen LogP contribution < -0.4 is 14.4 Å². The lowest BCUT2D eigenvalue weighted by atomic mass is 10.1. The first kappa shape index (κ1) is 21.1. The molecule has 5 rings (SSSR count). The average molecular weight is 437 g/mol. The van der Waals surface area contributed by atoms with Crippen LogP contribution in [-0.2, 0) is 0 Å². The van der Waals surface area contributed by atoms with Crippen LogP contribution in [0.15, 0.2) is 85.1 Å². The highest BCUT2D eigenvalue weighted by Crippen LogP contribution is 2.47. The van der Waals surface area contributed by atoms with Gasteiger partial charge < -0.3 is 14.4 Å². The molecule has 0 N–H and O–H groups in total. The zero-order valence-corrected chi connectivity index (χ0v) is 19.1. The second-order valence-corrected chi connectivity index (χ2v) is 8.49. The van der Waals surface area contributed by atoms with Gasteiger partial charge in [-0.1, -0.05) is 30.3 Å². The Morgan fingerprint density at radius 2 is 1.55 bits per heavy atom. The Morgan fingerprint density at radius 3 is 2.24 bits per heavy atom. The van der Waals surface area contributed by atoms with Crippen molar-refractivity contribution in [1.82, 2.24) is 4.98 Å². The summed E-state index contributed by atoms with van der Waals surface area (Å²) in [6, 6.07) is 26.9. The number of rotatable bonds is 7. The molecule has 0 aliphatic carbocycles. The van der Waals surface area contributed by atoms with Crippen molar-refractivity contribution in [2.75, 3.05) is 18.1 Å². The molecule has 0 unspecified atom stereocenters. The summed E-state index contributed by atoms with van der Waals surface area (Å²) in [6.07, 6.45) is 3.79. The third-order valence-electron chi connectivity index (χ3n) is 5.87. The van der Waals surface area contributed by atoms with E-state index in [-0.39, 0.29) is 0 Å². The molecule has 0 radical (unpaired) electrons. The van der Waals surface area contributed by atoms with Crippen molar-refractivity contribution < 1.29 is 9.47 Å². The van der Waals surface area contributed by atoms with Crippen LogP contribution in [0.25, 0.3) is 11.3 Å². The van der Waals surface area contributed by atoms with E-state index < -0.39 is 0 Å². The quantitative estimate of drug-likeness (QED) is 0.281. The van der Waals surface area contributed by atoms with E-state index >= 15 is 0 Å². The molecule has 0 atom stereocenters. The lowest BCUT2D eigenvalue weighted by molar-refractivity contribution is 0.307. The maximum absolute atomic E-state index is 6.23. The molecule has 4 aromatic rings. The summed E-state index contributed by atoms with van der Waals surface area (Å²) in [5, 5.41) is 0. The SMILES string of the molecule is Cc1ccc2c(c1)Oc1cc(C)ccc1N2CCCCOc1cccc(-c2ccccn2)c1. The predicted molar refractivity (Wildman–Crippen MR) is 134 cm³/mol. The lowest BCUT2D eigenvalue weighted by Crippen LogP contribution is -2.23. The molecular weight excluding hydrogens is 408 g/mol. The first-order valence-electron chi connectivity index (χ1n) is 11.5. The molecule has 2 heterocycles. The van der Waals surface area contributed by atoms with Crippen LogP contribution >= 0.6 is 0 Å². The molecule has 0 amide bonds. The van der Waals surface area contributed by atoms with Crippen LogP contribution in [0.5, 0.6) is 17.2 Å². The standard InChI is InChI=1S/C29H28N2O2/c1-21-11-13-26-28(18-21)33-29-19-22(2)12-14-27(29)31(26)16-5-6-17-32-24-9-7-8-23(20-24)25-10-3-4-15-30-25/h3-4,7-15,18-20H,5-6,16-17H2,1-2H3. The van der Waals surface area contributed by atoms with Gasteiger partial charge in [-0.15, -0.1) is 0 Å². The number of pyridine rings is 1. The van der Waals surface area contributed by atoms with E-state index in [4.69, 9.17) is 9.47 Å². The third-order valence-corrected chi connectivity index (χ3v) is 5.87. The Labute approximate surface area is 195 Å². The van der Waals surface area contributed by atoms with Crippen LogP contribution in [0.2, 0.25) is 0 Å². The second-order valence-electron chi connectivity index (χ2n) is 8.49. The van der Waals surface area contributed by atoms with E-state index in [0.29, 0.717) is 6.61 Å². The highest BCUT2D eigenvalue weighted by Gasteiger charge is 2.24. The van der Waals surface area contributed by atoms with Crippen molar-refractivity contribution in [2.24, 2.45) is 0 Å². The molecule has 0 saturated carbocycles. The number of aryl methyl sites for hydroxylation is 2. The summed E-state index contributed by atoms with van der Waals surface area (Å²) < 4.78 is 12.3. The van der Waals surface area contributed by atoms with E-state index in [1.165, 1.54) is 11.1 Å². The van der Waals surface area contributed by atoms with Gasteiger partial charge in [-0.3, -0.25) is 4.98 Å². The highest BCUT2D eigenvalue weighted by atomic mass is 16.5. The van der Waals surface area contributed by atoms with Gasteiger partial charge in [-0.2, -0.15) is 0 Å². The topological polar surface area (TPSA) is 34.6 Å². The number of hydrogen-bond acceptors (Lipinski definition) is 4. The van der Waals surface area contributed by atoms with E-state index in [0.717, 1.165) is 59.3 Å². The lowest BCUT2D eigenvalue weighted by Gasteiger charge is -2.33. The molecule has 0 saturated heterocycles. The Balaban J connectivity index is 1.22.